The van der Waals surface area contributed by atoms with Crippen LogP contribution in [0.1, 0.15) is 89.8 Å². The van der Waals surface area contributed by atoms with Crippen LogP contribution in [0.4, 0.5) is 0 Å². The van der Waals surface area contributed by atoms with Crippen LogP contribution in [0.15, 0.2) is 91.1 Å². The number of carboxylic acid groups (broad SMARTS) is 2. The molecule has 19 heteroatoms. The van der Waals surface area contributed by atoms with E-state index < -0.39 is 112 Å². The number of carbonyl (C=O) groups is 7. The van der Waals surface area contributed by atoms with Crippen LogP contribution in [0.25, 0.3) is 10.9 Å². The highest BCUT2D eigenvalue weighted by Crippen LogP contribution is 2.29. The number of rotatable bonds is 26. The largest absolute Gasteiger partial charge is 0.481 e. The van der Waals surface area contributed by atoms with E-state index in [9.17, 15) is 52.2 Å². The van der Waals surface area contributed by atoms with Gasteiger partial charge in [0, 0.05) is 29.4 Å². The molecule has 0 aliphatic carbocycles. The van der Waals surface area contributed by atoms with Gasteiger partial charge in [0.15, 0.2) is 0 Å². The molecular weight excluding hydrogens is 895 g/mol. The van der Waals surface area contributed by atoms with E-state index >= 15 is 0 Å². The fraction of sp³-hybridized carbons (Fsp3) is 0.449. The second-order valence-corrected chi connectivity index (χ2v) is 19.5. The summed E-state index contributed by atoms with van der Waals surface area (Å²) in [6.45, 7) is 10.4. The van der Waals surface area contributed by atoms with E-state index in [1.165, 1.54) is 0 Å². The van der Waals surface area contributed by atoms with Crippen LogP contribution in [0, 0.1) is 17.8 Å². The Balaban J connectivity index is 1.58. The van der Waals surface area contributed by atoms with E-state index in [4.69, 9.17) is 0 Å². The lowest BCUT2D eigenvalue weighted by atomic mass is 9.85. The molecule has 0 aliphatic rings. The molecule has 3 aromatic carbocycles. The predicted octanol–water partition coefficient (Wildman–Crippen LogP) is 3.58. The van der Waals surface area contributed by atoms with Crippen molar-refractivity contribution in [2.45, 2.75) is 116 Å². The number of benzene rings is 3. The molecule has 0 aliphatic heterocycles. The molecule has 68 heavy (non-hydrogen) atoms. The number of aromatic nitrogens is 1. The van der Waals surface area contributed by atoms with E-state index in [-0.39, 0.29) is 18.8 Å². The topological polar surface area (TPSA) is 282 Å². The molecule has 5 amide bonds. The van der Waals surface area contributed by atoms with Crippen LogP contribution in [-0.4, -0.2) is 108 Å². The number of H-pyrrole nitrogens is 1. The van der Waals surface area contributed by atoms with Gasteiger partial charge in [-0.2, -0.15) is 0 Å². The van der Waals surface area contributed by atoms with Gasteiger partial charge in [-0.15, -0.1) is 0 Å². The Labute approximate surface area is 397 Å². The van der Waals surface area contributed by atoms with E-state index in [0.717, 1.165) is 17.2 Å². The Bertz CT molecular complexity index is 2440. The van der Waals surface area contributed by atoms with Crippen molar-refractivity contribution in [2.24, 2.45) is 17.8 Å². The van der Waals surface area contributed by atoms with Gasteiger partial charge in [0.2, 0.25) is 39.6 Å². The number of aliphatic carboxylic acids is 2. The van der Waals surface area contributed by atoms with Crippen LogP contribution >= 0.6 is 0 Å². The third-order valence-electron chi connectivity index (χ3n) is 11.9. The minimum absolute atomic E-state index is 0.00655. The molecule has 18 nitrogen and oxygen atoms in total. The second-order valence-electron chi connectivity index (χ2n) is 17.7. The number of aromatic amines is 1. The Hall–Kier alpha value is -6.60. The summed E-state index contributed by atoms with van der Waals surface area (Å²) in [5.74, 6) is -9.41. The number of hydrogen-bond acceptors (Lipinski definition) is 9. The van der Waals surface area contributed by atoms with Crippen molar-refractivity contribution < 1.29 is 52.2 Å². The quantitative estimate of drug-likeness (QED) is 0.0439. The Morgan fingerprint density at radius 1 is 0.588 bits per heavy atom. The van der Waals surface area contributed by atoms with E-state index in [0.29, 0.717) is 29.5 Å². The van der Waals surface area contributed by atoms with Crippen LogP contribution in [0.2, 0.25) is 0 Å². The average molecular weight is 960 g/mol. The number of sulfonamides is 1. The SMILES string of the molecule is CC[C@H](C)[C@H](NC(=O)[C@H](CC(=O)O)NC(=O)[C@H](CC(C)C)NC(=O)[C@H](NS(C)(=O)=O)C(c1ccccc1)c1ccccc1)C(=O)N[C@H](C(=O)N[C@@H](Cc1c[nH]c2ccccc12)C(=O)O)[C@@H](C)CC. The highest BCUT2D eigenvalue weighted by Gasteiger charge is 2.39. The van der Waals surface area contributed by atoms with Crippen molar-refractivity contribution in [1.29, 1.82) is 0 Å². The maximum absolute atomic E-state index is 14.4. The highest BCUT2D eigenvalue weighted by atomic mass is 32.2. The number of carboxylic acids is 2. The van der Waals surface area contributed by atoms with Gasteiger partial charge in [-0.1, -0.05) is 133 Å². The third kappa shape index (κ3) is 15.5. The van der Waals surface area contributed by atoms with E-state index in [1.807, 2.05) is 24.3 Å². The van der Waals surface area contributed by atoms with Crippen LogP contribution in [-0.2, 0) is 50.0 Å². The van der Waals surface area contributed by atoms with Crippen LogP contribution in [0.5, 0.6) is 0 Å². The smallest absolute Gasteiger partial charge is 0.326 e. The first-order valence-corrected chi connectivity index (χ1v) is 24.6. The number of carbonyl (C=O) groups excluding carboxylic acids is 5. The maximum atomic E-state index is 14.4. The Kier molecular flexibility index (Phi) is 19.8. The van der Waals surface area contributed by atoms with Gasteiger partial charge < -0.3 is 41.8 Å². The van der Waals surface area contributed by atoms with Crippen LogP contribution in [0.3, 0.4) is 0 Å². The molecule has 368 valence electrons. The van der Waals surface area contributed by atoms with E-state index in [2.05, 4.69) is 36.3 Å². The van der Waals surface area contributed by atoms with Crippen molar-refractivity contribution >= 4 is 62.4 Å². The fourth-order valence-corrected chi connectivity index (χ4v) is 8.61. The zero-order valence-electron chi connectivity index (χ0n) is 39.4. The van der Waals surface area contributed by atoms with Gasteiger partial charge in [0.25, 0.3) is 0 Å². The molecule has 0 spiro atoms. The van der Waals surface area contributed by atoms with Crippen molar-refractivity contribution in [3.8, 4) is 0 Å². The number of amides is 5. The predicted molar refractivity (Wildman–Crippen MR) is 256 cm³/mol. The lowest BCUT2D eigenvalue weighted by Crippen LogP contribution is -2.61. The number of nitrogens with one attached hydrogen (secondary N) is 7. The van der Waals surface area contributed by atoms with Gasteiger partial charge in [0.1, 0.15) is 36.3 Å². The molecule has 4 rings (SSSR count). The maximum Gasteiger partial charge on any atom is 0.326 e. The van der Waals surface area contributed by atoms with Crippen molar-refractivity contribution in [3.63, 3.8) is 0 Å². The summed E-state index contributed by atoms with van der Waals surface area (Å²) in [5.41, 5.74) is 2.64. The minimum Gasteiger partial charge on any atom is -0.481 e. The summed E-state index contributed by atoms with van der Waals surface area (Å²) in [7, 11) is -4.03. The molecule has 0 unspecified atom stereocenters. The Morgan fingerprint density at radius 2 is 1.04 bits per heavy atom. The number of fused-ring (bicyclic) bond motifs is 1. The molecule has 0 fully saturated rings. The fourth-order valence-electron chi connectivity index (χ4n) is 7.91. The molecule has 4 aromatic rings. The standard InChI is InChI=1S/C49H65N7O11S/c1-8-29(5)41(46(61)53-38(49(64)65)25-33-27-50-35-23-17-16-22-34(33)35)55-47(62)42(30(6)9-2)54-45(60)37(26-39(57)58)51-44(59)36(24-28(3)4)52-48(63)43(56-68(7,66)67)40(31-18-12-10-13-19-31)32-20-14-11-15-21-32/h10-23,27-30,36-38,40-43,50,56H,8-9,24-26H2,1-7H3,(H,51,59)(H,52,63)(H,53,61)(H,54,60)(H,55,62)(H,57,58)(H,64,65)/t29-,30-,36-,37-,38-,41-,42-,43+/m0/s1. The zero-order valence-corrected chi connectivity index (χ0v) is 40.3. The second kappa shape index (κ2) is 25.0. The Morgan fingerprint density at radius 3 is 1.54 bits per heavy atom. The molecular formula is C49H65N7O11S. The first kappa shape index (κ1) is 54.0. The van der Waals surface area contributed by atoms with Crippen molar-refractivity contribution in [2.75, 3.05) is 6.26 Å². The summed E-state index contributed by atoms with van der Waals surface area (Å²) in [6, 6.07) is 16.2. The number of hydrogen-bond donors (Lipinski definition) is 9. The molecule has 1 aromatic heterocycles. The van der Waals surface area contributed by atoms with Crippen molar-refractivity contribution in [1.82, 2.24) is 36.3 Å². The first-order chi connectivity index (χ1) is 32.1. The van der Waals surface area contributed by atoms with Gasteiger partial charge in [-0.05, 0) is 46.9 Å². The van der Waals surface area contributed by atoms with Crippen molar-refractivity contribution in [3.05, 3.63) is 108 Å². The molecule has 9 N–H and O–H groups in total. The molecule has 0 radical (unpaired) electrons. The highest BCUT2D eigenvalue weighted by molar-refractivity contribution is 7.88. The zero-order chi connectivity index (χ0) is 50.3. The summed E-state index contributed by atoms with van der Waals surface area (Å²) < 4.78 is 28.0. The molecule has 0 saturated carbocycles. The first-order valence-electron chi connectivity index (χ1n) is 22.7. The van der Waals surface area contributed by atoms with Gasteiger partial charge in [-0.25, -0.2) is 17.9 Å². The lowest BCUT2D eigenvalue weighted by molar-refractivity contribution is -0.142. The summed E-state index contributed by atoms with van der Waals surface area (Å²) in [6.07, 6.45) is 2.31. The number of para-hydroxylation sites is 1. The lowest BCUT2D eigenvalue weighted by Gasteiger charge is -2.31. The molecule has 0 saturated heterocycles. The van der Waals surface area contributed by atoms with Gasteiger partial charge in [0.05, 0.1) is 12.7 Å². The molecule has 1 heterocycles. The monoisotopic (exact) mass is 959 g/mol. The third-order valence-corrected chi connectivity index (χ3v) is 12.6. The minimum atomic E-state index is -4.03. The summed E-state index contributed by atoms with van der Waals surface area (Å²) >= 11 is 0. The van der Waals surface area contributed by atoms with E-state index in [1.54, 1.807) is 108 Å². The molecule has 8 atom stereocenters. The molecule has 0 bridgehead atoms. The van der Waals surface area contributed by atoms with Gasteiger partial charge >= 0.3 is 11.9 Å². The van der Waals surface area contributed by atoms with Gasteiger partial charge in [-0.3, -0.25) is 28.8 Å². The van der Waals surface area contributed by atoms with Crippen LogP contribution < -0.4 is 31.3 Å². The summed E-state index contributed by atoms with van der Waals surface area (Å²) in [5, 5.41) is 33.8. The summed E-state index contributed by atoms with van der Waals surface area (Å²) in [4.78, 5) is 98.3. The average Bonchev–Trinajstić information content (AvgIpc) is 3.70. The normalized spacial score (nSPS) is 15.2.